The Balaban J connectivity index is 1.63. The van der Waals surface area contributed by atoms with Crippen LogP contribution < -0.4 is 5.32 Å². The highest BCUT2D eigenvalue weighted by Crippen LogP contribution is 2.60. The number of aliphatic carboxylic acids is 1. The van der Waals surface area contributed by atoms with Crippen LogP contribution in [-0.2, 0) is 14.4 Å². The number of hydrogen-bond donors (Lipinski definition) is 2. The average Bonchev–Trinajstić information content (AvgIpc) is 2.56. The molecule has 0 heterocycles. The van der Waals surface area contributed by atoms with Crippen LogP contribution in [0.25, 0.3) is 0 Å². The van der Waals surface area contributed by atoms with Gasteiger partial charge in [0.25, 0.3) is 0 Å². The van der Waals surface area contributed by atoms with Crippen molar-refractivity contribution in [1.82, 2.24) is 10.2 Å². The molecule has 4 aliphatic carbocycles. The zero-order valence-electron chi connectivity index (χ0n) is 16.9. The first-order valence-corrected chi connectivity index (χ1v) is 10.5. The smallest absolute Gasteiger partial charge is 0.303 e. The molecule has 4 rings (SSSR count). The second kappa shape index (κ2) is 7.80. The van der Waals surface area contributed by atoms with Gasteiger partial charge in [-0.3, -0.25) is 14.4 Å². The summed E-state index contributed by atoms with van der Waals surface area (Å²) >= 11 is 0. The minimum atomic E-state index is -0.855. The van der Waals surface area contributed by atoms with E-state index in [0.717, 1.165) is 19.3 Å². The highest BCUT2D eigenvalue weighted by Gasteiger charge is 2.55. The molecule has 0 aromatic rings. The molecule has 0 spiro atoms. The van der Waals surface area contributed by atoms with Gasteiger partial charge in [-0.05, 0) is 68.6 Å². The highest BCUT2D eigenvalue weighted by molar-refractivity contribution is 5.90. The third kappa shape index (κ3) is 4.30. The Morgan fingerprint density at radius 2 is 1.59 bits per heavy atom. The maximum Gasteiger partial charge on any atom is 0.303 e. The molecule has 6 heteroatoms. The van der Waals surface area contributed by atoms with Crippen LogP contribution >= 0.6 is 0 Å². The van der Waals surface area contributed by atoms with Crippen molar-refractivity contribution >= 4 is 17.8 Å². The summed E-state index contributed by atoms with van der Waals surface area (Å²) in [5.74, 6) is 1.17. The van der Waals surface area contributed by atoms with Gasteiger partial charge in [0.1, 0.15) is 6.04 Å². The minimum absolute atomic E-state index is 0.00251. The van der Waals surface area contributed by atoms with Crippen molar-refractivity contribution in [2.24, 2.45) is 29.1 Å². The van der Waals surface area contributed by atoms with Crippen LogP contribution in [0.4, 0.5) is 0 Å². The lowest BCUT2D eigenvalue weighted by atomic mass is 9.49. The van der Waals surface area contributed by atoms with Gasteiger partial charge in [0.05, 0.1) is 0 Å². The monoisotopic (exact) mass is 378 g/mol. The summed E-state index contributed by atoms with van der Waals surface area (Å²) in [4.78, 5) is 38.4. The first-order chi connectivity index (χ1) is 12.7. The summed E-state index contributed by atoms with van der Waals surface area (Å²) in [5.41, 5.74) is -0.260. The lowest BCUT2D eigenvalue weighted by Crippen LogP contribution is -2.58. The lowest BCUT2D eigenvalue weighted by Gasteiger charge is -2.56. The Kier molecular flexibility index (Phi) is 5.82. The van der Waals surface area contributed by atoms with E-state index in [1.165, 1.54) is 19.3 Å². The van der Waals surface area contributed by atoms with Crippen molar-refractivity contribution in [1.29, 1.82) is 0 Å². The molecular weight excluding hydrogens is 344 g/mol. The van der Waals surface area contributed by atoms with Gasteiger partial charge in [0.2, 0.25) is 11.8 Å². The number of carboxylic acids is 1. The number of nitrogens with zero attached hydrogens (tertiary/aromatic N) is 1. The van der Waals surface area contributed by atoms with Crippen molar-refractivity contribution in [3.63, 3.8) is 0 Å². The standard InChI is InChI=1S/C21H34N2O4/c1-13(2)18(19(26)23(3)6-4-5-17(24)25)22-20(27)21-10-14-7-15(11-21)9-16(8-14)12-21/h13-16,18H,4-12H2,1-3H3,(H,22,27)(H,24,25). The average molecular weight is 379 g/mol. The number of amides is 2. The number of likely N-dealkylation sites (N-methyl/N-ethyl adjacent to an activating group) is 1. The summed E-state index contributed by atoms with van der Waals surface area (Å²) in [6.07, 6.45) is 7.27. The Morgan fingerprint density at radius 1 is 1.07 bits per heavy atom. The molecule has 4 bridgehead atoms. The van der Waals surface area contributed by atoms with Crippen LogP contribution in [0.2, 0.25) is 0 Å². The molecule has 0 aromatic heterocycles. The second-order valence-electron chi connectivity index (χ2n) is 9.65. The number of carbonyl (C=O) groups excluding carboxylic acids is 2. The highest BCUT2D eigenvalue weighted by atomic mass is 16.4. The van der Waals surface area contributed by atoms with Gasteiger partial charge in [-0.1, -0.05) is 13.8 Å². The molecule has 27 heavy (non-hydrogen) atoms. The van der Waals surface area contributed by atoms with Crippen molar-refractivity contribution in [2.45, 2.75) is 71.3 Å². The molecule has 0 aromatic carbocycles. The van der Waals surface area contributed by atoms with E-state index in [4.69, 9.17) is 5.11 Å². The number of hydrogen-bond acceptors (Lipinski definition) is 3. The van der Waals surface area contributed by atoms with E-state index in [1.807, 2.05) is 13.8 Å². The molecule has 6 nitrogen and oxygen atoms in total. The van der Waals surface area contributed by atoms with Crippen LogP contribution in [-0.4, -0.2) is 47.4 Å². The molecule has 1 atom stereocenters. The SMILES string of the molecule is CC(C)C(NC(=O)C12CC3CC(CC(C3)C1)C2)C(=O)N(C)CCCC(=O)O. The predicted molar refractivity (Wildman–Crippen MR) is 102 cm³/mol. The topological polar surface area (TPSA) is 86.7 Å². The molecule has 0 radical (unpaired) electrons. The van der Waals surface area contributed by atoms with Gasteiger partial charge < -0.3 is 15.3 Å². The van der Waals surface area contributed by atoms with Crippen LogP contribution in [0.1, 0.15) is 65.2 Å². The Hall–Kier alpha value is -1.59. The number of carboxylic acid groups (broad SMARTS) is 1. The number of rotatable bonds is 8. The van der Waals surface area contributed by atoms with Gasteiger partial charge in [0.15, 0.2) is 0 Å². The zero-order valence-corrected chi connectivity index (χ0v) is 16.9. The second-order valence-corrected chi connectivity index (χ2v) is 9.65. The minimum Gasteiger partial charge on any atom is -0.481 e. The van der Waals surface area contributed by atoms with Crippen LogP contribution in [0.3, 0.4) is 0 Å². The fourth-order valence-electron chi connectivity index (χ4n) is 6.01. The summed E-state index contributed by atoms with van der Waals surface area (Å²) in [6, 6.07) is -0.541. The summed E-state index contributed by atoms with van der Waals surface area (Å²) < 4.78 is 0. The molecule has 0 saturated heterocycles. The van der Waals surface area contributed by atoms with Gasteiger partial charge in [-0.2, -0.15) is 0 Å². The number of nitrogens with one attached hydrogen (secondary N) is 1. The van der Waals surface area contributed by atoms with Gasteiger partial charge in [-0.25, -0.2) is 0 Å². The molecular formula is C21H34N2O4. The molecule has 2 amide bonds. The third-order valence-electron chi connectivity index (χ3n) is 7.00. The van der Waals surface area contributed by atoms with Gasteiger partial charge in [0, 0.05) is 25.4 Å². The van der Waals surface area contributed by atoms with Crippen LogP contribution in [0.15, 0.2) is 0 Å². The largest absolute Gasteiger partial charge is 0.481 e. The maximum absolute atomic E-state index is 13.3. The maximum atomic E-state index is 13.3. The van der Waals surface area contributed by atoms with Crippen molar-refractivity contribution < 1.29 is 19.5 Å². The van der Waals surface area contributed by atoms with E-state index in [1.54, 1.807) is 11.9 Å². The van der Waals surface area contributed by atoms with E-state index in [0.29, 0.717) is 30.7 Å². The van der Waals surface area contributed by atoms with E-state index in [2.05, 4.69) is 5.32 Å². The summed E-state index contributed by atoms with van der Waals surface area (Å²) in [7, 11) is 1.69. The fraction of sp³-hybridized carbons (Fsp3) is 0.857. The lowest BCUT2D eigenvalue weighted by molar-refractivity contribution is -0.150. The first-order valence-electron chi connectivity index (χ1n) is 10.5. The summed E-state index contributed by atoms with van der Waals surface area (Å²) in [5, 5.41) is 11.9. The molecule has 2 N–H and O–H groups in total. The van der Waals surface area contributed by atoms with Crippen molar-refractivity contribution in [3.8, 4) is 0 Å². The van der Waals surface area contributed by atoms with Crippen molar-refractivity contribution in [3.05, 3.63) is 0 Å². The normalized spacial score (nSPS) is 32.4. The molecule has 152 valence electrons. The third-order valence-corrected chi connectivity index (χ3v) is 7.00. The van der Waals surface area contributed by atoms with Gasteiger partial charge in [-0.15, -0.1) is 0 Å². The van der Waals surface area contributed by atoms with Crippen LogP contribution in [0.5, 0.6) is 0 Å². The predicted octanol–water partition coefficient (Wildman–Crippen LogP) is 2.67. The van der Waals surface area contributed by atoms with E-state index in [9.17, 15) is 14.4 Å². The quantitative estimate of drug-likeness (QED) is 0.680. The molecule has 4 aliphatic rings. The van der Waals surface area contributed by atoms with Crippen molar-refractivity contribution in [2.75, 3.05) is 13.6 Å². The van der Waals surface area contributed by atoms with Gasteiger partial charge >= 0.3 is 5.97 Å². The summed E-state index contributed by atoms with van der Waals surface area (Å²) in [6.45, 7) is 4.29. The van der Waals surface area contributed by atoms with E-state index >= 15 is 0 Å². The Morgan fingerprint density at radius 3 is 2.04 bits per heavy atom. The molecule has 4 saturated carbocycles. The van der Waals surface area contributed by atoms with E-state index < -0.39 is 12.0 Å². The Bertz CT molecular complexity index is 566. The first kappa shape index (κ1) is 20.2. The van der Waals surface area contributed by atoms with Crippen LogP contribution in [0, 0.1) is 29.1 Å². The molecule has 1 unspecified atom stereocenters. The molecule has 4 fully saturated rings. The molecule has 0 aliphatic heterocycles. The fourth-order valence-corrected chi connectivity index (χ4v) is 6.01. The number of carbonyl (C=O) groups is 3. The van der Waals surface area contributed by atoms with E-state index in [-0.39, 0.29) is 29.6 Å². The Labute approximate surface area is 162 Å². The zero-order chi connectivity index (χ0) is 19.8.